The molecule has 0 amide bonds. The third kappa shape index (κ3) is 2.46. The van der Waals surface area contributed by atoms with E-state index in [9.17, 15) is 4.79 Å². The lowest BCUT2D eigenvalue weighted by atomic mass is 10.1. The van der Waals surface area contributed by atoms with Gasteiger partial charge in [0.2, 0.25) is 0 Å². The lowest BCUT2D eigenvalue weighted by Crippen LogP contribution is -2.05. The number of ketones is 1. The summed E-state index contributed by atoms with van der Waals surface area (Å²) >= 11 is 0. The Morgan fingerprint density at radius 2 is 2.21 bits per heavy atom. The fraction of sp³-hybridized carbons (Fsp3) is 0.250. The Labute approximate surface area is 84.6 Å². The van der Waals surface area contributed by atoms with Crippen LogP contribution >= 0.6 is 0 Å². The van der Waals surface area contributed by atoms with Gasteiger partial charge in [-0.05, 0) is 12.1 Å². The first kappa shape index (κ1) is 10.5. The Bertz CT molecular complexity index is 331. The molecule has 14 heavy (non-hydrogen) atoms. The average Bonchev–Trinajstić information content (AvgIpc) is 2.25. The van der Waals surface area contributed by atoms with E-state index in [1.165, 1.54) is 0 Å². The van der Waals surface area contributed by atoms with E-state index in [-0.39, 0.29) is 5.78 Å². The van der Waals surface area contributed by atoms with Gasteiger partial charge in [-0.2, -0.15) is 0 Å². The van der Waals surface area contributed by atoms with Crippen LogP contribution < -0.4 is 5.32 Å². The van der Waals surface area contributed by atoms with Gasteiger partial charge in [-0.25, -0.2) is 0 Å². The summed E-state index contributed by atoms with van der Waals surface area (Å²) in [7, 11) is 0. The van der Waals surface area contributed by atoms with Crippen LogP contribution in [0.15, 0.2) is 36.9 Å². The van der Waals surface area contributed by atoms with E-state index >= 15 is 0 Å². The van der Waals surface area contributed by atoms with Crippen LogP contribution in [0.1, 0.15) is 23.7 Å². The summed E-state index contributed by atoms with van der Waals surface area (Å²) in [4.78, 5) is 11.5. The molecule has 74 valence electrons. The first-order valence-electron chi connectivity index (χ1n) is 4.76. The first-order valence-corrected chi connectivity index (χ1v) is 4.76. The van der Waals surface area contributed by atoms with Gasteiger partial charge in [0.25, 0.3) is 0 Å². The highest BCUT2D eigenvalue weighted by molar-refractivity contribution is 6.00. The van der Waals surface area contributed by atoms with Gasteiger partial charge in [-0.15, -0.1) is 6.58 Å². The molecule has 0 heterocycles. The Hall–Kier alpha value is -1.57. The van der Waals surface area contributed by atoms with Gasteiger partial charge in [0.15, 0.2) is 5.78 Å². The van der Waals surface area contributed by atoms with Crippen molar-refractivity contribution < 1.29 is 4.79 Å². The lowest BCUT2D eigenvalue weighted by molar-refractivity contribution is 0.0989. The van der Waals surface area contributed by atoms with Gasteiger partial charge in [0, 0.05) is 24.2 Å². The minimum Gasteiger partial charge on any atom is -0.381 e. The van der Waals surface area contributed by atoms with Crippen molar-refractivity contribution in [2.75, 3.05) is 11.9 Å². The van der Waals surface area contributed by atoms with Gasteiger partial charge in [-0.1, -0.05) is 25.1 Å². The molecule has 0 spiro atoms. The maximum atomic E-state index is 11.5. The van der Waals surface area contributed by atoms with E-state index in [4.69, 9.17) is 0 Å². The molecule has 0 atom stereocenters. The van der Waals surface area contributed by atoms with Crippen LogP contribution in [0.25, 0.3) is 0 Å². The van der Waals surface area contributed by atoms with E-state index in [1.54, 1.807) is 6.08 Å². The fourth-order valence-electron chi connectivity index (χ4n) is 1.25. The Morgan fingerprint density at radius 1 is 1.50 bits per heavy atom. The summed E-state index contributed by atoms with van der Waals surface area (Å²) in [6.45, 7) is 6.17. The highest BCUT2D eigenvalue weighted by atomic mass is 16.1. The fourth-order valence-corrected chi connectivity index (χ4v) is 1.25. The molecule has 1 N–H and O–H groups in total. The summed E-state index contributed by atoms with van der Waals surface area (Å²) < 4.78 is 0. The quantitative estimate of drug-likeness (QED) is 0.570. The Kier molecular flexibility index (Phi) is 3.92. The number of Topliss-reactive ketones (excluding diaryl/α,β-unsaturated/α-hetero) is 1. The second-order valence-electron chi connectivity index (χ2n) is 2.99. The van der Waals surface area contributed by atoms with E-state index in [0.717, 1.165) is 11.3 Å². The van der Waals surface area contributed by atoms with E-state index in [2.05, 4.69) is 11.9 Å². The predicted molar refractivity (Wildman–Crippen MR) is 59.8 cm³/mol. The third-order valence-electron chi connectivity index (χ3n) is 1.99. The van der Waals surface area contributed by atoms with Crippen molar-refractivity contribution in [3.05, 3.63) is 42.5 Å². The zero-order valence-electron chi connectivity index (χ0n) is 8.42. The maximum absolute atomic E-state index is 11.5. The van der Waals surface area contributed by atoms with Crippen LogP contribution in [0.3, 0.4) is 0 Å². The van der Waals surface area contributed by atoms with Gasteiger partial charge in [0.1, 0.15) is 0 Å². The number of nitrogens with one attached hydrogen (secondary N) is 1. The second-order valence-corrected chi connectivity index (χ2v) is 2.99. The molecule has 0 radical (unpaired) electrons. The van der Waals surface area contributed by atoms with Gasteiger partial charge >= 0.3 is 0 Å². The molecule has 0 bridgehead atoms. The van der Waals surface area contributed by atoms with E-state index in [1.807, 2.05) is 31.2 Å². The summed E-state index contributed by atoms with van der Waals surface area (Å²) in [5.74, 6) is 0.164. The molecule has 0 saturated carbocycles. The number of benzene rings is 1. The zero-order valence-corrected chi connectivity index (χ0v) is 8.42. The third-order valence-corrected chi connectivity index (χ3v) is 1.99. The van der Waals surface area contributed by atoms with Crippen molar-refractivity contribution in [3.63, 3.8) is 0 Å². The van der Waals surface area contributed by atoms with Crippen molar-refractivity contribution in [2.45, 2.75) is 13.3 Å². The molecule has 0 unspecified atom stereocenters. The molecule has 0 aromatic heterocycles. The summed E-state index contributed by atoms with van der Waals surface area (Å²) in [6, 6.07) is 7.55. The van der Waals surface area contributed by atoms with Gasteiger partial charge in [0.05, 0.1) is 0 Å². The van der Waals surface area contributed by atoms with Crippen molar-refractivity contribution in [2.24, 2.45) is 0 Å². The van der Waals surface area contributed by atoms with Crippen LogP contribution in [0.5, 0.6) is 0 Å². The standard InChI is InChI=1S/C12H15NO/c1-3-9-13-11-8-6-5-7-10(11)12(14)4-2/h3,5-8,13H,1,4,9H2,2H3. The number of carbonyl (C=O) groups excluding carboxylic acids is 1. The van der Waals surface area contributed by atoms with Crippen LogP contribution in [0, 0.1) is 0 Å². The molecule has 2 nitrogen and oxygen atoms in total. The maximum Gasteiger partial charge on any atom is 0.164 e. The average molecular weight is 189 g/mol. The molecule has 2 heteroatoms. The van der Waals surface area contributed by atoms with Crippen LogP contribution in [0.4, 0.5) is 5.69 Å². The molecule has 0 aliphatic carbocycles. The topological polar surface area (TPSA) is 29.1 Å². The molecule has 1 aromatic carbocycles. The molecular formula is C12H15NO. The second kappa shape index (κ2) is 5.22. The molecule has 0 aliphatic heterocycles. The monoisotopic (exact) mass is 189 g/mol. The molecule has 0 aliphatic rings. The van der Waals surface area contributed by atoms with Gasteiger partial charge in [-0.3, -0.25) is 4.79 Å². The first-order chi connectivity index (χ1) is 6.79. The summed E-state index contributed by atoms with van der Waals surface area (Å²) in [5, 5.41) is 3.14. The number of hydrogen-bond donors (Lipinski definition) is 1. The van der Waals surface area contributed by atoms with E-state index < -0.39 is 0 Å². The Balaban J connectivity index is 2.90. The van der Waals surface area contributed by atoms with Crippen LogP contribution in [-0.4, -0.2) is 12.3 Å². The molecular weight excluding hydrogens is 174 g/mol. The van der Waals surface area contributed by atoms with Crippen molar-refractivity contribution >= 4 is 11.5 Å². The van der Waals surface area contributed by atoms with Crippen LogP contribution in [0.2, 0.25) is 0 Å². The number of hydrogen-bond acceptors (Lipinski definition) is 2. The number of para-hydroxylation sites is 1. The lowest BCUT2D eigenvalue weighted by Gasteiger charge is -2.08. The number of carbonyl (C=O) groups is 1. The SMILES string of the molecule is C=CCNc1ccccc1C(=O)CC. The number of anilines is 1. The molecule has 1 aromatic rings. The largest absolute Gasteiger partial charge is 0.381 e. The molecule has 1 rings (SSSR count). The zero-order chi connectivity index (χ0) is 10.4. The normalized spacial score (nSPS) is 9.50. The van der Waals surface area contributed by atoms with Gasteiger partial charge < -0.3 is 5.32 Å². The van der Waals surface area contributed by atoms with Crippen LogP contribution in [-0.2, 0) is 0 Å². The van der Waals surface area contributed by atoms with Crippen molar-refractivity contribution in [3.8, 4) is 0 Å². The van der Waals surface area contributed by atoms with Crippen molar-refractivity contribution in [1.82, 2.24) is 0 Å². The minimum atomic E-state index is 0.164. The summed E-state index contributed by atoms with van der Waals surface area (Å²) in [6.07, 6.45) is 2.31. The molecule has 0 saturated heterocycles. The summed E-state index contributed by atoms with van der Waals surface area (Å²) in [5.41, 5.74) is 1.65. The highest BCUT2D eigenvalue weighted by Gasteiger charge is 2.07. The Morgan fingerprint density at radius 3 is 2.86 bits per heavy atom. The number of rotatable bonds is 5. The van der Waals surface area contributed by atoms with Crippen molar-refractivity contribution in [1.29, 1.82) is 0 Å². The minimum absolute atomic E-state index is 0.164. The molecule has 0 fully saturated rings. The highest BCUT2D eigenvalue weighted by Crippen LogP contribution is 2.16. The smallest absolute Gasteiger partial charge is 0.164 e. The predicted octanol–water partition coefficient (Wildman–Crippen LogP) is 2.88. The van der Waals surface area contributed by atoms with E-state index in [0.29, 0.717) is 13.0 Å².